The lowest BCUT2D eigenvalue weighted by Crippen LogP contribution is -2.47. The maximum absolute atomic E-state index is 14.0. The number of nitrogens with zero attached hydrogens (tertiary/aromatic N) is 2. The van der Waals surface area contributed by atoms with E-state index in [4.69, 9.17) is 4.74 Å². The van der Waals surface area contributed by atoms with E-state index in [9.17, 15) is 14.4 Å². The highest BCUT2D eigenvalue weighted by Crippen LogP contribution is 2.43. The lowest BCUT2D eigenvalue weighted by Gasteiger charge is -2.39. The molecule has 1 aromatic rings. The Hall–Kier alpha value is -2.11. The number of amides is 1. The van der Waals surface area contributed by atoms with Crippen LogP contribution >= 0.6 is 0 Å². The van der Waals surface area contributed by atoms with Crippen molar-refractivity contribution in [2.75, 3.05) is 20.2 Å². The highest BCUT2D eigenvalue weighted by molar-refractivity contribution is 5.87. The van der Waals surface area contributed by atoms with E-state index in [0.29, 0.717) is 18.8 Å². The Balaban J connectivity index is 1.35. The second-order valence-corrected chi connectivity index (χ2v) is 12.4. The smallest absolute Gasteiger partial charge is 0.305 e. The zero-order chi connectivity index (χ0) is 26.6. The van der Waals surface area contributed by atoms with E-state index in [1.54, 1.807) is 0 Å². The summed E-state index contributed by atoms with van der Waals surface area (Å²) < 4.78 is 7.58. The standard InChI is InChI=1S/C31H48N2O4/c1-5-6-7-8-9-10-11-15-28(34)37-19-17-31(2,3)30(36)33-26-14-12-13-23(26)25-21-24-22(20-27(25)33)16-18-32(4)29(24)35/h22,24H,5-21H2,1-4H3/t22-,24-/m0/s1. The third-order valence-corrected chi connectivity index (χ3v) is 9.18. The number of piperidine rings is 1. The van der Waals surface area contributed by atoms with Gasteiger partial charge in [-0.05, 0) is 68.4 Å². The van der Waals surface area contributed by atoms with E-state index in [1.807, 2.05) is 30.4 Å². The molecule has 1 fully saturated rings. The van der Waals surface area contributed by atoms with E-state index in [2.05, 4.69) is 6.92 Å². The van der Waals surface area contributed by atoms with Crippen LogP contribution in [0.4, 0.5) is 0 Å². The molecule has 37 heavy (non-hydrogen) atoms. The van der Waals surface area contributed by atoms with Gasteiger partial charge in [0.05, 0.1) is 6.61 Å². The molecule has 3 aliphatic rings. The fourth-order valence-electron chi connectivity index (χ4n) is 6.72. The lowest BCUT2D eigenvalue weighted by atomic mass is 9.73. The van der Waals surface area contributed by atoms with Gasteiger partial charge < -0.3 is 9.64 Å². The van der Waals surface area contributed by atoms with E-state index < -0.39 is 5.41 Å². The molecule has 0 radical (unpaired) electrons. The van der Waals surface area contributed by atoms with Gasteiger partial charge in [-0.2, -0.15) is 0 Å². The molecule has 206 valence electrons. The summed E-state index contributed by atoms with van der Waals surface area (Å²) >= 11 is 0. The first-order valence-corrected chi connectivity index (χ1v) is 14.9. The topological polar surface area (TPSA) is 68.6 Å². The van der Waals surface area contributed by atoms with E-state index in [-0.39, 0.29) is 30.3 Å². The summed E-state index contributed by atoms with van der Waals surface area (Å²) in [4.78, 5) is 41.0. The first kappa shape index (κ1) is 27.9. The molecule has 0 N–H and O–H groups in total. The van der Waals surface area contributed by atoms with Crippen LogP contribution in [0.3, 0.4) is 0 Å². The molecule has 1 aliphatic heterocycles. The minimum atomic E-state index is -0.623. The minimum Gasteiger partial charge on any atom is -0.466 e. The number of aromatic nitrogens is 1. The largest absolute Gasteiger partial charge is 0.466 e. The Labute approximate surface area is 223 Å². The molecule has 0 unspecified atom stereocenters. The molecule has 0 spiro atoms. The molecular weight excluding hydrogens is 464 g/mol. The maximum atomic E-state index is 14.0. The summed E-state index contributed by atoms with van der Waals surface area (Å²) in [6.07, 6.45) is 14.8. The van der Waals surface area contributed by atoms with Crippen molar-refractivity contribution < 1.29 is 19.1 Å². The number of rotatable bonds is 12. The van der Waals surface area contributed by atoms with Gasteiger partial charge in [-0.3, -0.25) is 19.0 Å². The van der Waals surface area contributed by atoms with Gasteiger partial charge in [-0.1, -0.05) is 59.3 Å². The molecule has 4 rings (SSSR count). The van der Waals surface area contributed by atoms with Gasteiger partial charge in [-0.15, -0.1) is 0 Å². The predicted octanol–water partition coefficient (Wildman–Crippen LogP) is 5.91. The second-order valence-electron chi connectivity index (χ2n) is 12.4. The second kappa shape index (κ2) is 12.2. The van der Waals surface area contributed by atoms with Crippen LogP contribution in [0.2, 0.25) is 0 Å². The Morgan fingerprint density at radius 2 is 1.70 bits per heavy atom. The fourth-order valence-corrected chi connectivity index (χ4v) is 6.72. The van der Waals surface area contributed by atoms with E-state index in [0.717, 1.165) is 63.6 Å². The van der Waals surface area contributed by atoms with Crippen LogP contribution in [0.5, 0.6) is 0 Å². The van der Waals surface area contributed by atoms with Crippen LogP contribution in [0.15, 0.2) is 0 Å². The third kappa shape index (κ3) is 6.15. The van der Waals surface area contributed by atoms with E-state index in [1.165, 1.54) is 48.9 Å². The Morgan fingerprint density at radius 1 is 0.973 bits per heavy atom. The number of hydrogen-bond donors (Lipinski definition) is 0. The van der Waals surface area contributed by atoms with Gasteiger partial charge in [0.2, 0.25) is 11.8 Å². The summed E-state index contributed by atoms with van der Waals surface area (Å²) in [7, 11) is 1.91. The van der Waals surface area contributed by atoms with Crippen molar-refractivity contribution in [2.24, 2.45) is 17.3 Å². The molecule has 1 aromatic heterocycles. The molecule has 1 amide bonds. The molecule has 2 aliphatic carbocycles. The maximum Gasteiger partial charge on any atom is 0.305 e. The van der Waals surface area contributed by atoms with Crippen molar-refractivity contribution in [2.45, 2.75) is 117 Å². The van der Waals surface area contributed by atoms with Gasteiger partial charge in [0, 0.05) is 42.7 Å². The van der Waals surface area contributed by atoms with Crippen LogP contribution in [-0.4, -0.2) is 47.4 Å². The number of fused-ring (bicyclic) bond motifs is 4. The van der Waals surface area contributed by atoms with Gasteiger partial charge in [0.25, 0.3) is 0 Å². The van der Waals surface area contributed by atoms with Crippen LogP contribution in [0.1, 0.15) is 119 Å². The first-order valence-electron chi connectivity index (χ1n) is 14.9. The van der Waals surface area contributed by atoms with Crippen molar-refractivity contribution in [3.63, 3.8) is 0 Å². The summed E-state index contributed by atoms with van der Waals surface area (Å²) in [5.74, 6) is 0.632. The molecular formula is C31H48N2O4. The number of hydrogen-bond acceptors (Lipinski definition) is 4. The average Bonchev–Trinajstić information content (AvgIpc) is 3.45. The Kier molecular flexibility index (Phi) is 9.18. The number of carbonyl (C=O) groups is 3. The fraction of sp³-hybridized carbons (Fsp3) is 0.774. The zero-order valence-corrected chi connectivity index (χ0v) is 23.7. The number of likely N-dealkylation sites (tertiary alicyclic amines) is 1. The van der Waals surface area contributed by atoms with Crippen molar-refractivity contribution in [3.8, 4) is 0 Å². The molecule has 0 aromatic carbocycles. The highest BCUT2D eigenvalue weighted by Gasteiger charge is 2.44. The number of unbranched alkanes of at least 4 members (excludes halogenated alkanes) is 6. The number of ether oxygens (including phenoxy) is 1. The van der Waals surface area contributed by atoms with Crippen molar-refractivity contribution >= 4 is 17.8 Å². The van der Waals surface area contributed by atoms with Crippen LogP contribution < -0.4 is 0 Å². The van der Waals surface area contributed by atoms with Crippen LogP contribution in [0, 0.1) is 17.3 Å². The summed E-state index contributed by atoms with van der Waals surface area (Å²) in [5, 5.41) is 0. The van der Waals surface area contributed by atoms with Gasteiger partial charge >= 0.3 is 5.97 Å². The predicted molar refractivity (Wildman–Crippen MR) is 146 cm³/mol. The van der Waals surface area contributed by atoms with Gasteiger partial charge in [0.15, 0.2) is 0 Å². The molecule has 6 nitrogen and oxygen atoms in total. The van der Waals surface area contributed by atoms with Crippen molar-refractivity contribution in [1.82, 2.24) is 9.47 Å². The zero-order valence-electron chi connectivity index (χ0n) is 23.7. The first-order chi connectivity index (χ1) is 17.7. The normalized spacial score (nSPS) is 21.0. The number of carbonyl (C=O) groups excluding carboxylic acids is 3. The average molecular weight is 513 g/mol. The highest BCUT2D eigenvalue weighted by atomic mass is 16.5. The molecule has 0 saturated carbocycles. The quantitative estimate of drug-likeness (QED) is 0.258. The van der Waals surface area contributed by atoms with Gasteiger partial charge in [-0.25, -0.2) is 0 Å². The number of esters is 1. The lowest BCUT2D eigenvalue weighted by molar-refractivity contribution is -0.144. The molecule has 6 heteroatoms. The van der Waals surface area contributed by atoms with Gasteiger partial charge in [0.1, 0.15) is 0 Å². The van der Waals surface area contributed by atoms with Crippen LogP contribution in [-0.2, 0) is 40.0 Å². The third-order valence-electron chi connectivity index (χ3n) is 9.18. The minimum absolute atomic E-state index is 0.0608. The molecule has 0 bridgehead atoms. The summed E-state index contributed by atoms with van der Waals surface area (Å²) in [6.45, 7) is 7.28. The molecule has 2 heterocycles. The Morgan fingerprint density at radius 3 is 2.46 bits per heavy atom. The SMILES string of the molecule is CCCCCCCCCC(=O)OCCC(C)(C)C(=O)n1c2c(c3c1C[C@@H]1CCN(C)C(=O)[C@H]1C3)CCC2. The Bertz CT molecular complexity index is 992. The van der Waals surface area contributed by atoms with E-state index >= 15 is 0 Å². The monoisotopic (exact) mass is 512 g/mol. The molecule has 1 saturated heterocycles. The van der Waals surface area contributed by atoms with Crippen molar-refractivity contribution in [3.05, 3.63) is 22.5 Å². The molecule has 2 atom stereocenters. The van der Waals surface area contributed by atoms with Crippen LogP contribution in [0.25, 0.3) is 0 Å². The summed E-state index contributed by atoms with van der Waals surface area (Å²) in [5.41, 5.74) is 4.33. The summed E-state index contributed by atoms with van der Waals surface area (Å²) in [6, 6.07) is 0. The van der Waals surface area contributed by atoms with Crippen molar-refractivity contribution in [1.29, 1.82) is 0 Å².